The van der Waals surface area contributed by atoms with Crippen LogP contribution in [0.25, 0.3) is 0 Å². The summed E-state index contributed by atoms with van der Waals surface area (Å²) in [6.45, 7) is 6.66. The second-order valence-electron chi connectivity index (χ2n) is 7.45. The fourth-order valence-corrected chi connectivity index (χ4v) is 3.63. The Morgan fingerprint density at radius 1 is 1.03 bits per heavy atom. The molecule has 3 rings (SSSR count). The predicted octanol–water partition coefficient (Wildman–Crippen LogP) is 3.24. The molecule has 1 aliphatic heterocycles. The van der Waals surface area contributed by atoms with Crippen molar-refractivity contribution in [2.24, 2.45) is 0 Å². The Hall–Kier alpha value is -2.57. The minimum atomic E-state index is 0.0643. The first-order valence-electron chi connectivity index (χ1n) is 9.95. The van der Waals surface area contributed by atoms with E-state index in [1.165, 1.54) is 0 Å². The van der Waals surface area contributed by atoms with Crippen molar-refractivity contribution in [3.05, 3.63) is 59.2 Å². The van der Waals surface area contributed by atoms with Crippen LogP contribution in [0.1, 0.15) is 35.3 Å². The van der Waals surface area contributed by atoms with Crippen molar-refractivity contribution in [1.29, 1.82) is 0 Å². The van der Waals surface area contributed by atoms with Gasteiger partial charge in [0.05, 0.1) is 26.4 Å². The normalized spacial score (nSPS) is 19.1. The summed E-state index contributed by atoms with van der Waals surface area (Å²) in [5.74, 6) is 1.64. The van der Waals surface area contributed by atoms with E-state index in [1.807, 2.05) is 61.2 Å². The molecule has 156 valence electrons. The molecule has 1 fully saturated rings. The fourth-order valence-electron chi connectivity index (χ4n) is 3.63. The van der Waals surface area contributed by atoms with Crippen LogP contribution in [-0.4, -0.2) is 50.3 Å². The summed E-state index contributed by atoms with van der Waals surface area (Å²) >= 11 is 0. The summed E-state index contributed by atoms with van der Waals surface area (Å²) in [6, 6.07) is 13.6. The van der Waals surface area contributed by atoms with E-state index in [1.54, 1.807) is 14.2 Å². The molecule has 0 spiro atoms. The second-order valence-corrected chi connectivity index (χ2v) is 7.45. The molecule has 2 aromatic rings. The quantitative estimate of drug-likeness (QED) is 0.776. The molecule has 1 saturated heterocycles. The zero-order chi connectivity index (χ0) is 20.8. The lowest BCUT2D eigenvalue weighted by Gasteiger charge is -2.35. The molecular formula is C23H30N2O4. The summed E-state index contributed by atoms with van der Waals surface area (Å²) in [4.78, 5) is 14.6. The van der Waals surface area contributed by atoms with Gasteiger partial charge in [0, 0.05) is 43.4 Å². The van der Waals surface area contributed by atoms with Gasteiger partial charge in [0.25, 0.3) is 5.91 Å². The molecule has 6 nitrogen and oxygen atoms in total. The van der Waals surface area contributed by atoms with Crippen molar-refractivity contribution >= 4 is 5.91 Å². The molecule has 6 heteroatoms. The number of amides is 1. The van der Waals surface area contributed by atoms with Gasteiger partial charge in [0.2, 0.25) is 0 Å². The third kappa shape index (κ3) is 5.49. The second kappa shape index (κ2) is 9.76. The first kappa shape index (κ1) is 21.1. The van der Waals surface area contributed by atoms with Crippen LogP contribution < -0.4 is 14.8 Å². The van der Waals surface area contributed by atoms with Gasteiger partial charge in [-0.15, -0.1) is 0 Å². The number of hydrogen-bond acceptors (Lipinski definition) is 5. The number of morpholine rings is 1. The number of carbonyl (C=O) groups excluding carboxylic acids is 1. The maximum Gasteiger partial charge on any atom is 0.254 e. The number of hydrogen-bond donors (Lipinski definition) is 1. The maximum atomic E-state index is 12.8. The number of nitrogens with one attached hydrogen (secondary N) is 1. The Morgan fingerprint density at radius 2 is 1.72 bits per heavy atom. The number of benzene rings is 2. The Morgan fingerprint density at radius 3 is 2.34 bits per heavy atom. The average Bonchev–Trinajstić information content (AvgIpc) is 2.73. The highest BCUT2D eigenvalue weighted by Gasteiger charge is 2.26. The van der Waals surface area contributed by atoms with Crippen LogP contribution in [0.4, 0.5) is 0 Å². The van der Waals surface area contributed by atoms with E-state index in [0.29, 0.717) is 31.7 Å². The lowest BCUT2D eigenvalue weighted by atomic mass is 10.1. The van der Waals surface area contributed by atoms with Crippen molar-refractivity contribution in [3.63, 3.8) is 0 Å². The molecule has 0 radical (unpaired) electrons. The third-order valence-corrected chi connectivity index (χ3v) is 5.05. The monoisotopic (exact) mass is 398 g/mol. The van der Waals surface area contributed by atoms with E-state index in [9.17, 15) is 4.79 Å². The number of rotatable bonds is 7. The van der Waals surface area contributed by atoms with Gasteiger partial charge >= 0.3 is 0 Å². The van der Waals surface area contributed by atoms with Gasteiger partial charge in [-0.1, -0.05) is 18.2 Å². The molecule has 0 unspecified atom stereocenters. The Balaban J connectivity index is 1.55. The van der Waals surface area contributed by atoms with E-state index in [4.69, 9.17) is 14.2 Å². The molecule has 1 heterocycles. The molecule has 1 N–H and O–H groups in total. The Kier molecular flexibility index (Phi) is 7.12. The van der Waals surface area contributed by atoms with Gasteiger partial charge in [0.15, 0.2) is 0 Å². The molecule has 29 heavy (non-hydrogen) atoms. The van der Waals surface area contributed by atoms with Crippen LogP contribution in [0.15, 0.2) is 42.5 Å². The summed E-state index contributed by atoms with van der Waals surface area (Å²) < 4.78 is 16.4. The number of nitrogens with zero attached hydrogens (tertiary/aromatic N) is 1. The van der Waals surface area contributed by atoms with Crippen molar-refractivity contribution in [3.8, 4) is 11.5 Å². The van der Waals surface area contributed by atoms with Crippen LogP contribution in [-0.2, 0) is 17.8 Å². The third-order valence-electron chi connectivity index (χ3n) is 5.05. The smallest absolute Gasteiger partial charge is 0.254 e. The van der Waals surface area contributed by atoms with Gasteiger partial charge < -0.3 is 24.4 Å². The lowest BCUT2D eigenvalue weighted by Crippen LogP contribution is -2.48. The largest absolute Gasteiger partial charge is 0.497 e. The van der Waals surface area contributed by atoms with E-state index in [2.05, 4.69) is 5.32 Å². The molecule has 2 aromatic carbocycles. The van der Waals surface area contributed by atoms with Crippen LogP contribution in [0.3, 0.4) is 0 Å². The van der Waals surface area contributed by atoms with Crippen molar-refractivity contribution < 1.29 is 19.0 Å². The highest BCUT2D eigenvalue weighted by atomic mass is 16.5. The SMILES string of the molecule is COc1ccc(CNCc2ccc(C(=O)N3C[C@@H](C)O[C@H](C)C3)cc2)c(OC)c1. The topological polar surface area (TPSA) is 60.0 Å². The standard InChI is InChI=1S/C23H30N2O4/c1-16-14-25(15-17(2)29-16)23(26)19-7-5-18(6-8-19)12-24-13-20-9-10-21(27-3)11-22(20)28-4/h5-11,16-17,24H,12-15H2,1-4H3/t16-,17-/m1/s1. The Bertz CT molecular complexity index is 812. The van der Waals surface area contributed by atoms with Crippen molar-refractivity contribution in [2.45, 2.75) is 39.1 Å². The number of methoxy groups -OCH3 is 2. The molecule has 0 saturated carbocycles. The van der Waals surface area contributed by atoms with Crippen LogP contribution in [0.2, 0.25) is 0 Å². The predicted molar refractivity (Wildman–Crippen MR) is 112 cm³/mol. The highest BCUT2D eigenvalue weighted by molar-refractivity contribution is 5.94. The zero-order valence-corrected chi connectivity index (χ0v) is 17.6. The summed E-state index contributed by atoms with van der Waals surface area (Å²) in [6.07, 6.45) is 0.141. The van der Waals surface area contributed by atoms with Crippen LogP contribution in [0, 0.1) is 0 Å². The molecule has 1 amide bonds. The van der Waals surface area contributed by atoms with Gasteiger partial charge in [0.1, 0.15) is 11.5 Å². The van der Waals surface area contributed by atoms with Crippen LogP contribution in [0.5, 0.6) is 11.5 Å². The first-order valence-corrected chi connectivity index (χ1v) is 9.95. The Labute approximate surface area is 172 Å². The van der Waals surface area contributed by atoms with Gasteiger partial charge in [-0.25, -0.2) is 0 Å². The van der Waals surface area contributed by atoms with E-state index >= 15 is 0 Å². The summed E-state index contributed by atoms with van der Waals surface area (Å²) in [5, 5.41) is 3.42. The van der Waals surface area contributed by atoms with E-state index < -0.39 is 0 Å². The molecule has 2 atom stereocenters. The van der Waals surface area contributed by atoms with Gasteiger partial charge in [-0.2, -0.15) is 0 Å². The lowest BCUT2D eigenvalue weighted by molar-refractivity contribution is -0.0586. The van der Waals surface area contributed by atoms with Crippen LogP contribution >= 0.6 is 0 Å². The molecule has 1 aliphatic rings. The van der Waals surface area contributed by atoms with Crippen molar-refractivity contribution in [1.82, 2.24) is 10.2 Å². The highest BCUT2D eigenvalue weighted by Crippen LogP contribution is 2.24. The minimum absolute atomic E-state index is 0.0643. The zero-order valence-electron chi connectivity index (χ0n) is 17.6. The molecule has 0 bridgehead atoms. The number of carbonyl (C=O) groups is 1. The molecule has 0 aromatic heterocycles. The first-order chi connectivity index (χ1) is 14.0. The summed E-state index contributed by atoms with van der Waals surface area (Å²) in [7, 11) is 3.30. The van der Waals surface area contributed by atoms with Gasteiger partial charge in [-0.05, 0) is 37.6 Å². The summed E-state index contributed by atoms with van der Waals surface area (Å²) in [5.41, 5.74) is 2.90. The molecular weight excluding hydrogens is 368 g/mol. The maximum absolute atomic E-state index is 12.8. The number of ether oxygens (including phenoxy) is 3. The average molecular weight is 399 g/mol. The van der Waals surface area contributed by atoms with E-state index in [-0.39, 0.29) is 18.1 Å². The van der Waals surface area contributed by atoms with E-state index in [0.717, 1.165) is 22.6 Å². The van der Waals surface area contributed by atoms with Gasteiger partial charge in [-0.3, -0.25) is 4.79 Å². The minimum Gasteiger partial charge on any atom is -0.497 e. The molecule has 0 aliphatic carbocycles. The fraction of sp³-hybridized carbons (Fsp3) is 0.435. The van der Waals surface area contributed by atoms with Crippen molar-refractivity contribution in [2.75, 3.05) is 27.3 Å².